The molecule has 2 rings (SSSR count). The second-order valence-corrected chi connectivity index (χ2v) is 7.09. The summed E-state index contributed by atoms with van der Waals surface area (Å²) in [6.07, 6.45) is 1.40. The Kier molecular flexibility index (Phi) is 5.17. The highest BCUT2D eigenvalue weighted by Crippen LogP contribution is 2.23. The van der Waals surface area contributed by atoms with Crippen LogP contribution in [0, 0.1) is 0 Å². The summed E-state index contributed by atoms with van der Waals surface area (Å²) in [6, 6.07) is 6.13. The maximum absolute atomic E-state index is 12.3. The molecule has 0 bridgehead atoms. The van der Waals surface area contributed by atoms with E-state index >= 15 is 0 Å². The molecule has 0 unspecified atom stereocenters. The third-order valence-electron chi connectivity index (χ3n) is 2.38. The van der Waals surface area contributed by atoms with Gasteiger partial charge in [0.2, 0.25) is 0 Å². The van der Waals surface area contributed by atoms with Crippen LogP contribution in [0.1, 0.15) is 6.92 Å². The zero-order valence-corrected chi connectivity index (χ0v) is 14.9. The van der Waals surface area contributed by atoms with Gasteiger partial charge in [-0.25, -0.2) is 18.4 Å². The van der Waals surface area contributed by atoms with Gasteiger partial charge in [0, 0.05) is 0 Å². The summed E-state index contributed by atoms with van der Waals surface area (Å²) in [5, 5.41) is 0. The van der Waals surface area contributed by atoms with Crippen molar-refractivity contribution in [2.45, 2.75) is 11.8 Å². The second-order valence-electron chi connectivity index (χ2n) is 3.84. The first-order chi connectivity index (χ1) is 9.92. The van der Waals surface area contributed by atoms with E-state index < -0.39 is 10.0 Å². The maximum Gasteiger partial charge on any atom is 0.263 e. The molecular weight excluding hydrogens is 426 g/mol. The number of hydrogen-bond acceptors (Lipinski definition) is 5. The highest BCUT2D eigenvalue weighted by atomic mass is 79.9. The van der Waals surface area contributed by atoms with Crippen LogP contribution in [-0.4, -0.2) is 25.0 Å². The Balaban J connectivity index is 2.25. The van der Waals surface area contributed by atoms with E-state index in [0.717, 1.165) is 0 Å². The molecule has 0 saturated carbocycles. The van der Waals surface area contributed by atoms with E-state index in [9.17, 15) is 8.42 Å². The fraction of sp³-hybridized carbons (Fsp3) is 0.167. The number of halogens is 2. The number of nitrogens with one attached hydrogen (secondary N) is 1. The summed E-state index contributed by atoms with van der Waals surface area (Å²) in [7, 11) is -3.73. The molecule has 1 heterocycles. The lowest BCUT2D eigenvalue weighted by atomic mass is 10.3. The zero-order valence-electron chi connectivity index (χ0n) is 10.9. The summed E-state index contributed by atoms with van der Waals surface area (Å²) in [6.45, 7) is 2.38. The molecule has 2 aromatic rings. The van der Waals surface area contributed by atoms with Gasteiger partial charge in [-0.1, -0.05) is 0 Å². The van der Waals surface area contributed by atoms with E-state index in [4.69, 9.17) is 4.74 Å². The molecule has 0 radical (unpaired) electrons. The van der Waals surface area contributed by atoms with Crippen molar-refractivity contribution in [1.29, 1.82) is 0 Å². The van der Waals surface area contributed by atoms with Gasteiger partial charge >= 0.3 is 0 Å². The molecule has 0 aliphatic carbocycles. The van der Waals surface area contributed by atoms with Crippen LogP contribution < -0.4 is 9.46 Å². The molecule has 1 N–H and O–H groups in total. The average molecular weight is 437 g/mol. The van der Waals surface area contributed by atoms with Crippen molar-refractivity contribution in [3.05, 3.63) is 39.7 Å². The predicted octanol–water partition coefficient (Wildman–Crippen LogP) is 3.20. The molecule has 9 heteroatoms. The largest absolute Gasteiger partial charge is 0.494 e. The molecule has 0 amide bonds. The van der Waals surface area contributed by atoms with Crippen molar-refractivity contribution in [3.63, 3.8) is 0 Å². The highest BCUT2D eigenvalue weighted by molar-refractivity contribution is 9.11. The predicted molar refractivity (Wildman–Crippen MR) is 85.9 cm³/mol. The van der Waals surface area contributed by atoms with E-state index in [2.05, 4.69) is 46.5 Å². The van der Waals surface area contributed by atoms with Gasteiger partial charge in [0.05, 0.1) is 17.7 Å². The topological polar surface area (TPSA) is 81.2 Å². The standard InChI is InChI=1S/C12H11Br2N3O3S/c1-2-20-8-3-5-9(6-4-8)21(18,19)17-12-11(14)16-10(13)7-15-12/h3-7H,2H2,1H3,(H,15,17). The van der Waals surface area contributed by atoms with Crippen LogP contribution in [-0.2, 0) is 10.0 Å². The molecule has 0 aliphatic rings. The van der Waals surface area contributed by atoms with Crippen molar-refractivity contribution in [2.75, 3.05) is 11.3 Å². The Morgan fingerprint density at radius 1 is 1.24 bits per heavy atom. The number of aromatic nitrogens is 2. The SMILES string of the molecule is CCOc1ccc(S(=O)(=O)Nc2ncc(Br)nc2Br)cc1. The normalized spacial score (nSPS) is 11.2. The fourth-order valence-electron chi connectivity index (χ4n) is 1.48. The Hall–Kier alpha value is -1.19. The van der Waals surface area contributed by atoms with Crippen LogP contribution in [0.4, 0.5) is 5.82 Å². The number of nitrogens with zero attached hydrogens (tertiary/aromatic N) is 2. The van der Waals surface area contributed by atoms with Crippen molar-refractivity contribution >= 4 is 47.7 Å². The van der Waals surface area contributed by atoms with Crippen LogP contribution in [0.3, 0.4) is 0 Å². The molecule has 1 aromatic carbocycles. The first-order valence-electron chi connectivity index (χ1n) is 5.86. The molecule has 0 aliphatic heterocycles. The summed E-state index contributed by atoms with van der Waals surface area (Å²) >= 11 is 6.30. The smallest absolute Gasteiger partial charge is 0.263 e. The van der Waals surface area contributed by atoms with Gasteiger partial charge in [0.25, 0.3) is 10.0 Å². The Morgan fingerprint density at radius 3 is 2.48 bits per heavy atom. The van der Waals surface area contributed by atoms with E-state index in [1.165, 1.54) is 18.3 Å². The first-order valence-corrected chi connectivity index (χ1v) is 8.93. The van der Waals surface area contributed by atoms with Crippen LogP contribution in [0.5, 0.6) is 5.75 Å². The van der Waals surface area contributed by atoms with Gasteiger partial charge in [-0.15, -0.1) is 0 Å². The van der Waals surface area contributed by atoms with Gasteiger partial charge in [-0.3, -0.25) is 4.72 Å². The lowest BCUT2D eigenvalue weighted by molar-refractivity contribution is 0.340. The lowest BCUT2D eigenvalue weighted by Crippen LogP contribution is -2.14. The number of hydrogen-bond donors (Lipinski definition) is 1. The molecule has 112 valence electrons. The van der Waals surface area contributed by atoms with Crippen molar-refractivity contribution in [2.24, 2.45) is 0 Å². The lowest BCUT2D eigenvalue weighted by Gasteiger charge is -2.09. The third-order valence-corrected chi connectivity index (χ3v) is 4.67. The van der Waals surface area contributed by atoms with Gasteiger partial charge < -0.3 is 4.74 Å². The van der Waals surface area contributed by atoms with E-state index in [-0.39, 0.29) is 10.7 Å². The molecule has 21 heavy (non-hydrogen) atoms. The van der Waals surface area contributed by atoms with Gasteiger partial charge in [0.1, 0.15) is 10.4 Å². The van der Waals surface area contributed by atoms with Crippen LogP contribution in [0.2, 0.25) is 0 Å². The molecule has 0 spiro atoms. The van der Waals surface area contributed by atoms with Crippen molar-refractivity contribution in [1.82, 2.24) is 9.97 Å². The minimum absolute atomic E-state index is 0.113. The Bertz CT molecular complexity index is 736. The molecule has 0 saturated heterocycles. The summed E-state index contributed by atoms with van der Waals surface area (Å²) in [5.74, 6) is 0.730. The van der Waals surface area contributed by atoms with Crippen LogP contribution in [0.15, 0.2) is 44.6 Å². The van der Waals surface area contributed by atoms with Gasteiger partial charge in [0.15, 0.2) is 10.4 Å². The zero-order chi connectivity index (χ0) is 15.5. The minimum Gasteiger partial charge on any atom is -0.494 e. The number of rotatable bonds is 5. The van der Waals surface area contributed by atoms with Crippen molar-refractivity contribution in [3.8, 4) is 5.75 Å². The molecule has 1 aromatic heterocycles. The van der Waals surface area contributed by atoms with E-state index in [0.29, 0.717) is 21.6 Å². The monoisotopic (exact) mass is 435 g/mol. The minimum atomic E-state index is -3.73. The first kappa shape index (κ1) is 16.2. The van der Waals surface area contributed by atoms with Crippen molar-refractivity contribution < 1.29 is 13.2 Å². The molecule has 6 nitrogen and oxygen atoms in total. The Morgan fingerprint density at radius 2 is 1.90 bits per heavy atom. The molecule has 0 fully saturated rings. The van der Waals surface area contributed by atoms with E-state index in [1.807, 2.05) is 6.92 Å². The summed E-state index contributed by atoms with van der Waals surface area (Å²) in [5.41, 5.74) is 0. The van der Waals surface area contributed by atoms with Crippen LogP contribution in [0.25, 0.3) is 0 Å². The Labute approximate surface area is 139 Å². The number of benzene rings is 1. The third kappa shape index (κ3) is 4.14. The number of anilines is 1. The molecular formula is C12H11Br2N3O3S. The van der Waals surface area contributed by atoms with Crippen LogP contribution >= 0.6 is 31.9 Å². The number of ether oxygens (including phenoxy) is 1. The fourth-order valence-corrected chi connectivity index (χ4v) is 3.54. The number of sulfonamides is 1. The van der Waals surface area contributed by atoms with E-state index in [1.54, 1.807) is 12.1 Å². The second kappa shape index (κ2) is 6.71. The highest BCUT2D eigenvalue weighted by Gasteiger charge is 2.17. The van der Waals surface area contributed by atoms with Gasteiger partial charge in [-0.05, 0) is 63.0 Å². The quantitative estimate of drug-likeness (QED) is 0.778. The molecule has 0 atom stereocenters. The average Bonchev–Trinajstić information content (AvgIpc) is 2.43. The summed E-state index contributed by atoms with van der Waals surface area (Å²) in [4.78, 5) is 8.09. The van der Waals surface area contributed by atoms with Gasteiger partial charge in [-0.2, -0.15) is 0 Å². The maximum atomic E-state index is 12.3. The summed E-state index contributed by atoms with van der Waals surface area (Å²) < 4.78 is 33.0.